The standard InChI is InChI=1S/C62H120NO7P/c1-6-8-10-12-14-16-18-20-22-24-26-28-30-32-33-35-37-39-41-43-45-47-49-51-53-55-62(64)70-61(60-69-71(65,66)68-58-56-63(3,4)5)59-67-57-54-52-50-48-46-44-42-40-38-36-34-31-29-27-25-23-21-19-17-15-13-11-9-7-2/h18,20,24-27,61H,6-17,19,21-23,28-60H2,1-5H3/b20-18-,26-24-,27-25-. The van der Waals surface area contributed by atoms with Gasteiger partial charge in [-0.15, -0.1) is 0 Å². The van der Waals surface area contributed by atoms with Crippen molar-refractivity contribution >= 4 is 13.8 Å². The first-order chi connectivity index (χ1) is 34.6. The van der Waals surface area contributed by atoms with Crippen molar-refractivity contribution in [3.8, 4) is 0 Å². The summed E-state index contributed by atoms with van der Waals surface area (Å²) in [5, 5.41) is 0. The first-order valence-corrected chi connectivity index (χ1v) is 32.2. The fourth-order valence-corrected chi connectivity index (χ4v) is 9.66. The van der Waals surface area contributed by atoms with Gasteiger partial charge < -0.3 is 27.9 Å². The number of ether oxygens (including phenoxy) is 2. The van der Waals surface area contributed by atoms with E-state index in [1.54, 1.807) is 0 Å². The summed E-state index contributed by atoms with van der Waals surface area (Å²) in [6.07, 6.45) is 69.1. The number of hydrogen-bond acceptors (Lipinski definition) is 7. The number of esters is 1. The number of hydrogen-bond donors (Lipinski definition) is 0. The van der Waals surface area contributed by atoms with Crippen LogP contribution in [0.1, 0.15) is 296 Å². The minimum absolute atomic E-state index is 0.0273. The van der Waals surface area contributed by atoms with E-state index in [2.05, 4.69) is 50.3 Å². The largest absolute Gasteiger partial charge is 0.756 e. The Morgan fingerprint density at radius 1 is 0.437 bits per heavy atom. The molecule has 0 spiro atoms. The second-order valence-corrected chi connectivity index (χ2v) is 23.5. The van der Waals surface area contributed by atoms with Gasteiger partial charge in [0.1, 0.15) is 19.3 Å². The van der Waals surface area contributed by atoms with E-state index < -0.39 is 13.9 Å². The lowest BCUT2D eigenvalue weighted by Crippen LogP contribution is -2.37. The molecule has 0 rings (SSSR count). The molecule has 0 N–H and O–H groups in total. The Balaban J connectivity index is 4.02. The summed E-state index contributed by atoms with van der Waals surface area (Å²) >= 11 is 0. The molecule has 0 bridgehead atoms. The minimum atomic E-state index is -4.54. The third kappa shape index (κ3) is 59.5. The van der Waals surface area contributed by atoms with Crippen LogP contribution in [-0.2, 0) is 27.9 Å². The van der Waals surface area contributed by atoms with E-state index in [1.807, 2.05) is 21.1 Å². The normalized spacial score (nSPS) is 13.6. The predicted octanol–water partition coefficient (Wildman–Crippen LogP) is 19.0. The quantitative estimate of drug-likeness (QED) is 0.0197. The molecule has 8 nitrogen and oxygen atoms in total. The fraction of sp³-hybridized carbons (Fsp3) is 0.887. The van der Waals surface area contributed by atoms with Crippen molar-refractivity contribution in [1.82, 2.24) is 0 Å². The number of quaternary nitrogens is 1. The number of unbranched alkanes of at least 4 members (excludes halogenated alkanes) is 38. The third-order valence-corrected chi connectivity index (χ3v) is 14.6. The van der Waals surface area contributed by atoms with Gasteiger partial charge in [-0.05, 0) is 70.6 Å². The minimum Gasteiger partial charge on any atom is -0.756 e. The van der Waals surface area contributed by atoms with Crippen LogP contribution in [0.25, 0.3) is 0 Å². The van der Waals surface area contributed by atoms with E-state index in [0.29, 0.717) is 24.1 Å². The Labute approximate surface area is 442 Å². The molecule has 0 aromatic heterocycles. The molecule has 0 amide bonds. The summed E-state index contributed by atoms with van der Waals surface area (Å²) in [5.41, 5.74) is 0. The van der Waals surface area contributed by atoms with Crippen LogP contribution in [0.4, 0.5) is 0 Å². The maximum atomic E-state index is 12.8. The third-order valence-electron chi connectivity index (χ3n) is 13.7. The van der Waals surface area contributed by atoms with Crippen LogP contribution in [0.2, 0.25) is 0 Å². The van der Waals surface area contributed by atoms with Crippen molar-refractivity contribution < 1.29 is 37.3 Å². The first-order valence-electron chi connectivity index (χ1n) is 30.7. The smallest absolute Gasteiger partial charge is 0.306 e. The van der Waals surface area contributed by atoms with Crippen molar-refractivity contribution in [2.24, 2.45) is 0 Å². The zero-order chi connectivity index (χ0) is 51.9. The molecule has 2 atom stereocenters. The summed E-state index contributed by atoms with van der Waals surface area (Å²) < 4.78 is 34.9. The number of rotatable bonds is 58. The molecule has 0 aliphatic rings. The van der Waals surface area contributed by atoms with E-state index in [4.69, 9.17) is 18.5 Å². The van der Waals surface area contributed by atoms with Crippen LogP contribution < -0.4 is 4.89 Å². The molecule has 71 heavy (non-hydrogen) atoms. The van der Waals surface area contributed by atoms with Crippen molar-refractivity contribution in [2.45, 2.75) is 302 Å². The number of phosphoric acid groups is 1. The Bertz CT molecular complexity index is 1230. The lowest BCUT2D eigenvalue weighted by molar-refractivity contribution is -0.870. The van der Waals surface area contributed by atoms with Gasteiger partial charge in [-0.1, -0.05) is 256 Å². The van der Waals surface area contributed by atoms with Crippen LogP contribution in [0.5, 0.6) is 0 Å². The highest BCUT2D eigenvalue weighted by atomic mass is 31.2. The molecule has 0 aromatic rings. The van der Waals surface area contributed by atoms with E-state index in [0.717, 1.165) is 38.5 Å². The van der Waals surface area contributed by atoms with Crippen molar-refractivity contribution in [3.05, 3.63) is 36.5 Å². The molecule has 0 fully saturated rings. The Morgan fingerprint density at radius 2 is 0.775 bits per heavy atom. The molecule has 420 valence electrons. The van der Waals surface area contributed by atoms with Crippen LogP contribution in [0.15, 0.2) is 36.5 Å². The number of likely N-dealkylation sites (N-methyl/N-ethyl adjacent to an activating group) is 1. The lowest BCUT2D eigenvalue weighted by Gasteiger charge is -2.28. The highest BCUT2D eigenvalue weighted by Crippen LogP contribution is 2.38. The Morgan fingerprint density at radius 3 is 1.15 bits per heavy atom. The molecule has 0 radical (unpaired) electrons. The number of carbonyl (C=O) groups excluding carboxylic acids is 1. The number of nitrogens with zero attached hydrogens (tertiary/aromatic N) is 1. The van der Waals surface area contributed by atoms with Gasteiger partial charge in [0.2, 0.25) is 0 Å². The van der Waals surface area contributed by atoms with Gasteiger partial charge in [-0.25, -0.2) is 0 Å². The van der Waals surface area contributed by atoms with Crippen LogP contribution in [-0.4, -0.2) is 70.7 Å². The van der Waals surface area contributed by atoms with Crippen LogP contribution in [0, 0.1) is 0 Å². The first kappa shape index (κ1) is 69.7. The summed E-state index contributed by atoms with van der Waals surface area (Å²) in [6.45, 7) is 5.46. The van der Waals surface area contributed by atoms with Crippen molar-refractivity contribution in [3.63, 3.8) is 0 Å². The van der Waals surface area contributed by atoms with Gasteiger partial charge in [0.25, 0.3) is 7.82 Å². The Kier molecular flexibility index (Phi) is 54.0. The molecule has 0 saturated heterocycles. The van der Waals surface area contributed by atoms with Crippen molar-refractivity contribution in [2.75, 3.05) is 54.1 Å². The topological polar surface area (TPSA) is 94.1 Å². The maximum Gasteiger partial charge on any atom is 0.306 e. The molecule has 2 unspecified atom stereocenters. The van der Waals surface area contributed by atoms with Crippen molar-refractivity contribution in [1.29, 1.82) is 0 Å². The second-order valence-electron chi connectivity index (χ2n) is 22.1. The van der Waals surface area contributed by atoms with Gasteiger partial charge in [0.15, 0.2) is 0 Å². The van der Waals surface area contributed by atoms with Crippen LogP contribution >= 0.6 is 7.82 Å². The highest BCUT2D eigenvalue weighted by molar-refractivity contribution is 7.45. The SMILES string of the molecule is CCCCCCC/C=C\C/C=C\CCCCCCCCCCCCCCCC(=O)OC(COCCCCCCCCCCCCCC/C=C\CCCCCCCCCC)COP(=O)([O-])OCC[N+](C)(C)C. The summed E-state index contributed by atoms with van der Waals surface area (Å²) in [6, 6.07) is 0. The number of allylic oxidation sites excluding steroid dienone is 6. The molecular weight excluding hydrogens is 902 g/mol. The summed E-state index contributed by atoms with van der Waals surface area (Å²) in [5.74, 6) is -0.330. The van der Waals surface area contributed by atoms with Gasteiger partial charge in [0, 0.05) is 13.0 Å². The molecule has 0 saturated carbocycles. The molecule has 0 aromatic carbocycles. The molecule has 9 heteroatoms. The summed E-state index contributed by atoms with van der Waals surface area (Å²) in [4.78, 5) is 25.3. The fourth-order valence-electron chi connectivity index (χ4n) is 8.93. The maximum absolute atomic E-state index is 12.8. The second kappa shape index (κ2) is 55.0. The molecule has 0 aliphatic heterocycles. The van der Waals surface area contributed by atoms with Gasteiger partial charge in [-0.3, -0.25) is 9.36 Å². The highest BCUT2D eigenvalue weighted by Gasteiger charge is 2.20. The summed E-state index contributed by atoms with van der Waals surface area (Å²) in [7, 11) is 1.37. The average Bonchev–Trinajstić information content (AvgIpc) is 3.33. The number of carbonyl (C=O) groups is 1. The average molecular weight is 1020 g/mol. The van der Waals surface area contributed by atoms with E-state index in [9.17, 15) is 14.3 Å². The Hall–Kier alpha value is -1.28. The lowest BCUT2D eigenvalue weighted by atomic mass is 10.0. The van der Waals surface area contributed by atoms with Crippen LogP contribution in [0.3, 0.4) is 0 Å². The van der Waals surface area contributed by atoms with Gasteiger partial charge >= 0.3 is 5.97 Å². The predicted molar refractivity (Wildman–Crippen MR) is 305 cm³/mol. The molecule has 0 heterocycles. The van der Waals surface area contributed by atoms with E-state index >= 15 is 0 Å². The van der Waals surface area contributed by atoms with E-state index in [-0.39, 0.29) is 25.8 Å². The van der Waals surface area contributed by atoms with Gasteiger partial charge in [0.05, 0.1) is 34.4 Å². The van der Waals surface area contributed by atoms with Gasteiger partial charge in [-0.2, -0.15) is 0 Å². The zero-order valence-electron chi connectivity index (χ0n) is 47.9. The number of phosphoric ester groups is 1. The van der Waals surface area contributed by atoms with E-state index in [1.165, 1.54) is 238 Å². The monoisotopic (exact) mass is 1020 g/mol. The zero-order valence-corrected chi connectivity index (χ0v) is 48.8. The molecule has 0 aliphatic carbocycles. The molecular formula is C62H120NO7P.